The summed E-state index contributed by atoms with van der Waals surface area (Å²) in [6, 6.07) is 9.86. The van der Waals surface area contributed by atoms with Crippen LogP contribution in [0.25, 0.3) is 0 Å². The lowest BCUT2D eigenvalue weighted by Gasteiger charge is -2.13. The summed E-state index contributed by atoms with van der Waals surface area (Å²) in [5, 5.41) is 6.77. The Morgan fingerprint density at radius 1 is 1.03 bits per heavy atom. The summed E-state index contributed by atoms with van der Waals surface area (Å²) in [6.45, 7) is 5.69. The molecule has 7 heteroatoms. The summed E-state index contributed by atoms with van der Waals surface area (Å²) in [5.41, 5.74) is 1.17. The molecule has 2 aromatic rings. The molecule has 1 aromatic heterocycles. The van der Waals surface area contributed by atoms with E-state index in [0.717, 1.165) is 68.8 Å². The van der Waals surface area contributed by atoms with Crippen LogP contribution in [-0.2, 0) is 17.6 Å². The second-order valence-corrected chi connectivity index (χ2v) is 6.40. The zero-order valence-corrected chi connectivity index (χ0v) is 17.7. The van der Waals surface area contributed by atoms with Gasteiger partial charge in [-0.2, -0.15) is 0 Å². The van der Waals surface area contributed by atoms with Crippen LogP contribution in [0.15, 0.2) is 46.0 Å². The quantitative estimate of drug-likeness (QED) is 0.304. The maximum atomic E-state index is 5.38. The first-order valence-electron chi connectivity index (χ1n) is 10.1. The Morgan fingerprint density at radius 2 is 1.83 bits per heavy atom. The largest absolute Gasteiger partial charge is 0.493 e. The van der Waals surface area contributed by atoms with Gasteiger partial charge in [0.15, 0.2) is 17.5 Å². The molecule has 0 amide bonds. The van der Waals surface area contributed by atoms with Crippen LogP contribution < -0.4 is 20.1 Å². The van der Waals surface area contributed by atoms with Gasteiger partial charge in [0.1, 0.15) is 5.76 Å². The highest BCUT2D eigenvalue weighted by molar-refractivity contribution is 5.79. The van der Waals surface area contributed by atoms with Crippen LogP contribution in [0.4, 0.5) is 0 Å². The molecule has 0 saturated carbocycles. The van der Waals surface area contributed by atoms with E-state index in [9.17, 15) is 0 Å². The van der Waals surface area contributed by atoms with Crippen molar-refractivity contribution < 1.29 is 18.6 Å². The number of guanidine groups is 1. The third-order valence-electron chi connectivity index (χ3n) is 4.32. The molecule has 0 radical (unpaired) electrons. The second kappa shape index (κ2) is 13.5. The highest BCUT2D eigenvalue weighted by atomic mass is 16.5. The van der Waals surface area contributed by atoms with Gasteiger partial charge in [-0.15, -0.1) is 0 Å². The summed E-state index contributed by atoms with van der Waals surface area (Å²) in [6.07, 6.45) is 4.24. The van der Waals surface area contributed by atoms with E-state index in [4.69, 9.17) is 18.6 Å². The van der Waals surface area contributed by atoms with Crippen LogP contribution >= 0.6 is 0 Å². The van der Waals surface area contributed by atoms with Gasteiger partial charge in [0, 0.05) is 39.3 Å². The third-order valence-corrected chi connectivity index (χ3v) is 4.32. The maximum Gasteiger partial charge on any atom is 0.191 e. The van der Waals surface area contributed by atoms with Crippen LogP contribution in [-0.4, -0.2) is 53.0 Å². The fourth-order valence-corrected chi connectivity index (χ4v) is 2.80. The number of nitrogens with one attached hydrogen (secondary N) is 2. The van der Waals surface area contributed by atoms with E-state index in [1.165, 1.54) is 5.56 Å². The van der Waals surface area contributed by atoms with Gasteiger partial charge in [-0.1, -0.05) is 6.07 Å². The van der Waals surface area contributed by atoms with E-state index >= 15 is 0 Å². The summed E-state index contributed by atoms with van der Waals surface area (Å²) in [4.78, 5) is 4.65. The third kappa shape index (κ3) is 8.48. The van der Waals surface area contributed by atoms with E-state index < -0.39 is 0 Å². The van der Waals surface area contributed by atoms with E-state index in [-0.39, 0.29) is 0 Å². The van der Waals surface area contributed by atoms with Crippen LogP contribution in [0.1, 0.15) is 24.7 Å². The van der Waals surface area contributed by atoms with Crippen molar-refractivity contribution >= 4 is 5.96 Å². The molecule has 7 nitrogen and oxygen atoms in total. The molecule has 0 saturated heterocycles. The molecule has 0 spiro atoms. The average Bonchev–Trinajstić information content (AvgIpc) is 3.26. The molecule has 0 aliphatic rings. The first-order chi connectivity index (χ1) is 14.3. The highest BCUT2D eigenvalue weighted by Crippen LogP contribution is 2.27. The predicted molar refractivity (Wildman–Crippen MR) is 115 cm³/mol. The maximum absolute atomic E-state index is 5.38. The summed E-state index contributed by atoms with van der Waals surface area (Å²) in [7, 11) is 3.29. The molecule has 0 bridgehead atoms. The molecule has 0 unspecified atom stereocenters. The molecule has 0 fully saturated rings. The van der Waals surface area contributed by atoms with Crippen molar-refractivity contribution in [3.05, 3.63) is 47.9 Å². The van der Waals surface area contributed by atoms with Crippen molar-refractivity contribution in [2.45, 2.75) is 26.2 Å². The number of hydrogen-bond acceptors (Lipinski definition) is 5. The number of furan rings is 1. The second-order valence-electron chi connectivity index (χ2n) is 6.40. The zero-order valence-electron chi connectivity index (χ0n) is 17.7. The molecular weight excluding hydrogens is 370 g/mol. The molecule has 0 atom stereocenters. The van der Waals surface area contributed by atoms with Crippen molar-refractivity contribution in [1.82, 2.24) is 10.6 Å². The number of benzene rings is 1. The molecule has 1 heterocycles. The van der Waals surface area contributed by atoms with Gasteiger partial charge in [0.25, 0.3) is 0 Å². The van der Waals surface area contributed by atoms with Crippen molar-refractivity contribution in [2.75, 3.05) is 47.1 Å². The average molecular weight is 404 g/mol. The minimum atomic E-state index is 0.715. The fraction of sp³-hybridized carbons (Fsp3) is 0.500. The SMILES string of the molecule is CCOCCCN=C(NCCc1ccc(OC)c(OC)c1)NCCc1ccco1. The van der Waals surface area contributed by atoms with Gasteiger partial charge >= 0.3 is 0 Å². The molecule has 29 heavy (non-hydrogen) atoms. The van der Waals surface area contributed by atoms with Crippen molar-refractivity contribution in [2.24, 2.45) is 4.99 Å². The Balaban J connectivity index is 1.83. The molecule has 2 N–H and O–H groups in total. The number of rotatable bonds is 13. The Kier molecular flexibility index (Phi) is 10.5. The van der Waals surface area contributed by atoms with Gasteiger partial charge in [-0.05, 0) is 49.6 Å². The normalized spacial score (nSPS) is 11.3. The Hall–Kier alpha value is -2.67. The Morgan fingerprint density at radius 3 is 2.52 bits per heavy atom. The van der Waals surface area contributed by atoms with Gasteiger partial charge in [0.2, 0.25) is 0 Å². The molecule has 160 valence electrons. The Bertz CT molecular complexity index is 717. The number of hydrogen-bond donors (Lipinski definition) is 2. The molecule has 0 aliphatic carbocycles. The standard InChI is InChI=1S/C22H33N3O4/c1-4-28-15-6-12-23-22(25-14-11-19-7-5-16-29-19)24-13-10-18-8-9-20(26-2)21(17-18)27-3/h5,7-9,16-17H,4,6,10-15H2,1-3H3,(H2,23,24,25). The molecular formula is C22H33N3O4. The first-order valence-corrected chi connectivity index (χ1v) is 10.1. The van der Waals surface area contributed by atoms with E-state index in [2.05, 4.69) is 15.6 Å². The minimum Gasteiger partial charge on any atom is -0.493 e. The summed E-state index contributed by atoms with van der Waals surface area (Å²) < 4.78 is 21.4. The van der Waals surface area contributed by atoms with Gasteiger partial charge in [0.05, 0.1) is 20.5 Å². The van der Waals surface area contributed by atoms with Gasteiger partial charge < -0.3 is 29.3 Å². The smallest absolute Gasteiger partial charge is 0.191 e. The molecule has 2 rings (SSSR count). The van der Waals surface area contributed by atoms with Crippen molar-refractivity contribution in [3.63, 3.8) is 0 Å². The van der Waals surface area contributed by atoms with Crippen LogP contribution in [0, 0.1) is 0 Å². The highest BCUT2D eigenvalue weighted by Gasteiger charge is 2.05. The van der Waals surface area contributed by atoms with Gasteiger partial charge in [-0.3, -0.25) is 4.99 Å². The van der Waals surface area contributed by atoms with E-state index in [0.29, 0.717) is 6.54 Å². The number of ether oxygens (including phenoxy) is 3. The predicted octanol–water partition coefficient (Wildman–Crippen LogP) is 3.04. The minimum absolute atomic E-state index is 0.715. The van der Waals surface area contributed by atoms with Crippen LogP contribution in [0.2, 0.25) is 0 Å². The number of nitrogens with zero attached hydrogens (tertiary/aromatic N) is 1. The number of methoxy groups -OCH3 is 2. The Labute approximate surface area is 173 Å². The topological polar surface area (TPSA) is 77.2 Å². The van der Waals surface area contributed by atoms with Gasteiger partial charge in [-0.25, -0.2) is 0 Å². The lowest BCUT2D eigenvalue weighted by molar-refractivity contribution is 0.146. The van der Waals surface area contributed by atoms with E-state index in [1.807, 2.05) is 37.3 Å². The zero-order chi connectivity index (χ0) is 20.7. The van der Waals surface area contributed by atoms with E-state index in [1.54, 1.807) is 20.5 Å². The van der Waals surface area contributed by atoms with Crippen LogP contribution in [0.5, 0.6) is 11.5 Å². The first kappa shape index (κ1) is 22.6. The summed E-state index contributed by atoms with van der Waals surface area (Å²) in [5.74, 6) is 3.23. The molecule has 1 aromatic carbocycles. The summed E-state index contributed by atoms with van der Waals surface area (Å²) >= 11 is 0. The van der Waals surface area contributed by atoms with Crippen LogP contribution in [0.3, 0.4) is 0 Å². The number of aliphatic imine (C=N–C) groups is 1. The lowest BCUT2D eigenvalue weighted by atomic mass is 10.1. The molecule has 0 aliphatic heterocycles. The fourth-order valence-electron chi connectivity index (χ4n) is 2.80. The lowest BCUT2D eigenvalue weighted by Crippen LogP contribution is -2.39. The van der Waals surface area contributed by atoms with Crippen molar-refractivity contribution in [1.29, 1.82) is 0 Å². The monoisotopic (exact) mass is 403 g/mol. The van der Waals surface area contributed by atoms with Crippen molar-refractivity contribution in [3.8, 4) is 11.5 Å².